The van der Waals surface area contributed by atoms with E-state index in [1.54, 1.807) is 0 Å². The molecule has 19 heavy (non-hydrogen) atoms. The van der Waals surface area contributed by atoms with Crippen molar-refractivity contribution in [3.8, 4) is 0 Å². The zero-order valence-corrected chi connectivity index (χ0v) is 14.0. The maximum atomic E-state index is 6.47. The largest absolute Gasteiger partial charge is 0.393 e. The van der Waals surface area contributed by atoms with Gasteiger partial charge in [-0.25, -0.2) is 0 Å². The molecule has 1 heterocycles. The van der Waals surface area contributed by atoms with E-state index in [1.807, 2.05) is 20.8 Å². The lowest BCUT2D eigenvalue weighted by molar-refractivity contribution is -0.0571. The third kappa shape index (κ3) is 3.21. The zero-order valence-electron chi connectivity index (χ0n) is 13.0. The molecule has 2 N–H and O–H groups in total. The van der Waals surface area contributed by atoms with Gasteiger partial charge in [0.2, 0.25) is 0 Å². The lowest BCUT2D eigenvalue weighted by Gasteiger charge is -2.52. The molecule has 1 aliphatic rings. The van der Waals surface area contributed by atoms with Crippen LogP contribution < -0.4 is 5.73 Å². The standard InChI is InChI=1S/C14H31NO3Si/c1-5-11-14(16-6-2)13(15)10-9-12-19(14,17-7-3)18-8-4/h13H,5-12,15H2,1-4H3. The van der Waals surface area contributed by atoms with Gasteiger partial charge in [-0.05, 0) is 46.1 Å². The molecule has 0 spiro atoms. The van der Waals surface area contributed by atoms with Crippen molar-refractivity contribution in [1.29, 1.82) is 0 Å². The molecule has 0 saturated carbocycles. The monoisotopic (exact) mass is 289 g/mol. The molecule has 4 nitrogen and oxygen atoms in total. The van der Waals surface area contributed by atoms with Gasteiger partial charge in [-0.2, -0.15) is 0 Å². The summed E-state index contributed by atoms with van der Waals surface area (Å²) in [6, 6.07) is 1.04. The SMILES string of the molecule is CCCC1(OCC)C(N)CCC[Si]1(OCC)OCC. The van der Waals surface area contributed by atoms with Gasteiger partial charge in [0.1, 0.15) is 5.22 Å². The normalized spacial score (nSPS) is 30.5. The van der Waals surface area contributed by atoms with Gasteiger partial charge < -0.3 is 19.3 Å². The second kappa shape index (κ2) is 7.74. The molecular formula is C14H31NO3Si. The van der Waals surface area contributed by atoms with E-state index < -0.39 is 8.56 Å². The molecule has 0 amide bonds. The molecule has 1 saturated heterocycles. The van der Waals surface area contributed by atoms with Crippen LogP contribution >= 0.6 is 0 Å². The van der Waals surface area contributed by atoms with E-state index in [0.717, 1.165) is 31.7 Å². The van der Waals surface area contributed by atoms with Crippen LogP contribution in [0.1, 0.15) is 53.4 Å². The minimum atomic E-state index is -2.41. The van der Waals surface area contributed by atoms with Crippen molar-refractivity contribution in [2.75, 3.05) is 19.8 Å². The molecule has 2 unspecified atom stereocenters. The highest BCUT2D eigenvalue weighted by molar-refractivity contribution is 6.71. The van der Waals surface area contributed by atoms with Crippen LogP contribution in [0.3, 0.4) is 0 Å². The molecule has 0 aromatic carbocycles. The Balaban J connectivity index is 3.16. The maximum Gasteiger partial charge on any atom is 0.372 e. The lowest BCUT2D eigenvalue weighted by Crippen LogP contribution is -2.73. The zero-order chi connectivity index (χ0) is 14.4. The van der Waals surface area contributed by atoms with Crippen molar-refractivity contribution in [3.63, 3.8) is 0 Å². The van der Waals surface area contributed by atoms with Crippen LogP contribution in [-0.4, -0.2) is 39.6 Å². The van der Waals surface area contributed by atoms with Gasteiger partial charge in [-0.3, -0.25) is 0 Å². The van der Waals surface area contributed by atoms with Gasteiger partial charge in [0.25, 0.3) is 0 Å². The predicted octanol–water partition coefficient (Wildman–Crippen LogP) is 2.74. The van der Waals surface area contributed by atoms with E-state index in [1.165, 1.54) is 0 Å². The first-order chi connectivity index (χ1) is 9.12. The van der Waals surface area contributed by atoms with E-state index in [-0.39, 0.29) is 11.3 Å². The second-order valence-electron chi connectivity index (χ2n) is 5.19. The van der Waals surface area contributed by atoms with Crippen molar-refractivity contribution < 1.29 is 13.6 Å². The van der Waals surface area contributed by atoms with Gasteiger partial charge in [-0.1, -0.05) is 13.3 Å². The summed E-state index contributed by atoms with van der Waals surface area (Å²) in [4.78, 5) is 0. The van der Waals surface area contributed by atoms with Gasteiger partial charge >= 0.3 is 8.56 Å². The Kier molecular flexibility index (Phi) is 6.97. The molecular weight excluding hydrogens is 258 g/mol. The molecule has 5 heteroatoms. The minimum Gasteiger partial charge on any atom is -0.393 e. The van der Waals surface area contributed by atoms with Crippen molar-refractivity contribution >= 4 is 8.56 Å². The Morgan fingerprint density at radius 3 is 2.21 bits per heavy atom. The van der Waals surface area contributed by atoms with Crippen LogP contribution in [0.2, 0.25) is 6.04 Å². The molecule has 1 aliphatic heterocycles. The topological polar surface area (TPSA) is 53.7 Å². The molecule has 2 atom stereocenters. The molecule has 1 rings (SSSR count). The van der Waals surface area contributed by atoms with Crippen LogP contribution in [0.25, 0.3) is 0 Å². The number of hydrogen-bond acceptors (Lipinski definition) is 4. The molecule has 0 aliphatic carbocycles. The van der Waals surface area contributed by atoms with E-state index in [2.05, 4.69) is 6.92 Å². The van der Waals surface area contributed by atoms with E-state index in [4.69, 9.17) is 19.3 Å². The predicted molar refractivity (Wildman–Crippen MR) is 80.3 cm³/mol. The first kappa shape index (κ1) is 17.1. The van der Waals surface area contributed by atoms with E-state index in [9.17, 15) is 0 Å². The number of hydrogen-bond donors (Lipinski definition) is 1. The summed E-state index contributed by atoms with van der Waals surface area (Å²) >= 11 is 0. The minimum absolute atomic E-state index is 0.0333. The summed E-state index contributed by atoms with van der Waals surface area (Å²) in [6.07, 6.45) is 4.08. The number of rotatable bonds is 8. The van der Waals surface area contributed by atoms with Crippen LogP contribution in [0.4, 0.5) is 0 Å². The highest BCUT2D eigenvalue weighted by Crippen LogP contribution is 2.43. The van der Waals surface area contributed by atoms with Crippen LogP contribution in [0.5, 0.6) is 0 Å². The van der Waals surface area contributed by atoms with Crippen molar-refractivity contribution in [2.45, 2.75) is 70.7 Å². The summed E-state index contributed by atoms with van der Waals surface area (Å²) in [5.41, 5.74) is 6.47. The van der Waals surface area contributed by atoms with Crippen molar-refractivity contribution in [3.05, 3.63) is 0 Å². The summed E-state index contributed by atoms with van der Waals surface area (Å²) in [6.45, 7) is 10.3. The van der Waals surface area contributed by atoms with Gasteiger partial charge in [0.15, 0.2) is 0 Å². The number of nitrogens with two attached hydrogens (primary N) is 1. The summed E-state index contributed by atoms with van der Waals surface area (Å²) in [7, 11) is -2.41. The summed E-state index contributed by atoms with van der Waals surface area (Å²) in [5.74, 6) is 0. The highest BCUT2D eigenvalue weighted by atomic mass is 28.4. The molecule has 0 aromatic heterocycles. The smallest absolute Gasteiger partial charge is 0.372 e. The quantitative estimate of drug-likeness (QED) is 0.698. The average Bonchev–Trinajstić information content (AvgIpc) is 2.37. The Hall–Kier alpha value is 0.0569. The fraction of sp³-hybridized carbons (Fsp3) is 1.00. The molecule has 0 radical (unpaired) electrons. The fourth-order valence-corrected chi connectivity index (χ4v) is 8.06. The maximum absolute atomic E-state index is 6.47. The highest BCUT2D eigenvalue weighted by Gasteiger charge is 2.63. The van der Waals surface area contributed by atoms with E-state index in [0.29, 0.717) is 19.8 Å². The van der Waals surface area contributed by atoms with Crippen LogP contribution in [-0.2, 0) is 13.6 Å². The van der Waals surface area contributed by atoms with Crippen molar-refractivity contribution in [2.24, 2.45) is 5.73 Å². The third-order valence-electron chi connectivity index (χ3n) is 4.04. The summed E-state index contributed by atoms with van der Waals surface area (Å²) in [5, 5.41) is -0.374. The molecule has 1 fully saturated rings. The van der Waals surface area contributed by atoms with Gasteiger partial charge in [0, 0.05) is 25.9 Å². The average molecular weight is 289 g/mol. The fourth-order valence-electron chi connectivity index (χ4n) is 3.47. The first-order valence-electron chi connectivity index (χ1n) is 7.79. The molecule has 0 bridgehead atoms. The Morgan fingerprint density at radius 1 is 1.11 bits per heavy atom. The Labute approximate surface area is 119 Å². The second-order valence-corrected chi connectivity index (χ2v) is 8.62. The third-order valence-corrected chi connectivity index (χ3v) is 8.62. The Bertz CT molecular complexity index is 246. The number of ether oxygens (including phenoxy) is 1. The van der Waals surface area contributed by atoms with E-state index >= 15 is 0 Å². The lowest BCUT2D eigenvalue weighted by atomic mass is 10.0. The molecule has 0 aromatic rings. The van der Waals surface area contributed by atoms with Gasteiger partial charge in [-0.15, -0.1) is 0 Å². The van der Waals surface area contributed by atoms with Gasteiger partial charge in [0.05, 0.1) is 0 Å². The Morgan fingerprint density at radius 2 is 1.74 bits per heavy atom. The van der Waals surface area contributed by atoms with Crippen molar-refractivity contribution in [1.82, 2.24) is 0 Å². The van der Waals surface area contributed by atoms with Crippen LogP contribution in [0.15, 0.2) is 0 Å². The summed E-state index contributed by atoms with van der Waals surface area (Å²) < 4.78 is 18.7. The van der Waals surface area contributed by atoms with Crippen LogP contribution in [0, 0.1) is 0 Å². The molecule has 114 valence electrons. The first-order valence-corrected chi connectivity index (χ1v) is 9.82.